The summed E-state index contributed by atoms with van der Waals surface area (Å²) in [6.45, 7) is 12.5. The normalized spacial score (nSPS) is 19.7. The van der Waals surface area contributed by atoms with E-state index in [4.69, 9.17) is 4.74 Å². The maximum Gasteiger partial charge on any atom is 0.132 e. The second-order valence-corrected chi connectivity index (χ2v) is 13.1. The van der Waals surface area contributed by atoms with E-state index >= 15 is 0 Å². The number of aliphatic hydroxyl groups is 2. The maximum absolute atomic E-state index is 11.7. The van der Waals surface area contributed by atoms with Crippen molar-refractivity contribution >= 4 is 12.2 Å². The summed E-state index contributed by atoms with van der Waals surface area (Å²) in [7, 11) is 0. The molecule has 0 saturated heterocycles. The molecule has 0 bridgehead atoms. The van der Waals surface area contributed by atoms with Gasteiger partial charge in [0.2, 0.25) is 0 Å². The zero-order valence-corrected chi connectivity index (χ0v) is 26.1. The highest BCUT2D eigenvalue weighted by molar-refractivity contribution is 5.77. The molecule has 1 heterocycles. The number of hydrogen-bond donors (Lipinski definition) is 2. The van der Waals surface area contributed by atoms with Gasteiger partial charge in [0, 0.05) is 17.0 Å². The van der Waals surface area contributed by atoms with Crippen molar-refractivity contribution in [3.63, 3.8) is 0 Å². The number of fused-ring (bicyclic) bond motifs is 4. The van der Waals surface area contributed by atoms with Gasteiger partial charge in [-0.15, -0.1) is 0 Å². The zero-order chi connectivity index (χ0) is 30.5. The molecule has 4 aromatic carbocycles. The van der Waals surface area contributed by atoms with Crippen LogP contribution in [0.15, 0.2) is 91.0 Å². The van der Waals surface area contributed by atoms with Gasteiger partial charge in [-0.2, -0.15) is 0 Å². The number of aliphatic hydroxyl groups excluding tert-OH is 1. The molecule has 0 aromatic heterocycles. The Hall–Kier alpha value is -3.92. The van der Waals surface area contributed by atoms with E-state index in [1.807, 2.05) is 30.4 Å². The summed E-state index contributed by atoms with van der Waals surface area (Å²) in [5.74, 6) is 1.52. The average molecular weight is 571 g/mol. The fraction of sp³-hybridized carbons (Fsp3) is 0.300. The predicted octanol–water partition coefficient (Wildman–Crippen LogP) is 9.63. The molecule has 43 heavy (non-hydrogen) atoms. The van der Waals surface area contributed by atoms with E-state index in [2.05, 4.69) is 114 Å². The van der Waals surface area contributed by atoms with Crippen LogP contribution in [0.5, 0.6) is 11.5 Å². The topological polar surface area (TPSA) is 49.7 Å². The Kier molecular flexibility index (Phi) is 7.44. The second-order valence-electron chi connectivity index (χ2n) is 13.1. The minimum Gasteiger partial charge on any atom is -0.457 e. The molecule has 3 nitrogen and oxygen atoms in total. The monoisotopic (exact) mass is 570 g/mol. The highest BCUT2D eigenvalue weighted by atomic mass is 16.5. The Morgan fingerprint density at radius 1 is 0.884 bits per heavy atom. The first-order valence-corrected chi connectivity index (χ1v) is 15.5. The number of aryl methyl sites for hydroxylation is 1. The lowest BCUT2D eigenvalue weighted by molar-refractivity contribution is 0.0431. The van der Waals surface area contributed by atoms with Crippen LogP contribution in [0.1, 0.15) is 85.9 Å². The van der Waals surface area contributed by atoms with Crippen LogP contribution in [0.4, 0.5) is 0 Å². The highest BCUT2D eigenvalue weighted by Gasteiger charge is 2.41. The fourth-order valence-corrected chi connectivity index (χ4v) is 6.42. The third-order valence-electron chi connectivity index (χ3n) is 9.83. The largest absolute Gasteiger partial charge is 0.457 e. The van der Waals surface area contributed by atoms with E-state index in [-0.39, 0.29) is 17.3 Å². The molecule has 0 fully saturated rings. The van der Waals surface area contributed by atoms with Gasteiger partial charge >= 0.3 is 0 Å². The molecule has 4 aromatic rings. The van der Waals surface area contributed by atoms with E-state index in [0.717, 1.165) is 56.9 Å². The molecule has 0 amide bonds. The number of benzene rings is 4. The molecule has 1 aliphatic heterocycles. The number of ether oxygens (including phenoxy) is 1. The molecule has 0 saturated carbocycles. The summed E-state index contributed by atoms with van der Waals surface area (Å²) >= 11 is 0. The first kappa shape index (κ1) is 29.2. The molecule has 1 aliphatic carbocycles. The van der Waals surface area contributed by atoms with Gasteiger partial charge in [0.15, 0.2) is 0 Å². The highest BCUT2D eigenvalue weighted by Crippen LogP contribution is 2.54. The summed E-state index contributed by atoms with van der Waals surface area (Å²) < 4.78 is 6.66. The van der Waals surface area contributed by atoms with Gasteiger partial charge in [0.05, 0.1) is 6.10 Å². The van der Waals surface area contributed by atoms with E-state index in [1.165, 1.54) is 11.1 Å². The Bertz CT molecular complexity index is 1710. The first-order chi connectivity index (χ1) is 20.5. The van der Waals surface area contributed by atoms with Gasteiger partial charge in [-0.05, 0) is 81.8 Å². The van der Waals surface area contributed by atoms with Gasteiger partial charge in [-0.25, -0.2) is 0 Å². The Labute approximate surface area is 256 Å². The van der Waals surface area contributed by atoms with E-state index in [1.54, 1.807) is 0 Å². The minimum absolute atomic E-state index is 0.0209. The summed E-state index contributed by atoms with van der Waals surface area (Å²) in [5.41, 5.74) is 8.52. The Morgan fingerprint density at radius 2 is 1.53 bits per heavy atom. The maximum atomic E-state index is 11.7. The predicted molar refractivity (Wildman–Crippen MR) is 177 cm³/mol. The molecule has 6 rings (SSSR count). The van der Waals surface area contributed by atoms with Crippen molar-refractivity contribution in [3.8, 4) is 22.6 Å². The van der Waals surface area contributed by atoms with Gasteiger partial charge in [0.1, 0.15) is 17.1 Å². The third kappa shape index (κ3) is 4.95. The molecule has 220 valence electrons. The molecule has 0 radical (unpaired) electrons. The van der Waals surface area contributed by atoms with Crippen LogP contribution in [0.2, 0.25) is 0 Å². The van der Waals surface area contributed by atoms with Crippen molar-refractivity contribution in [2.24, 2.45) is 11.3 Å². The van der Waals surface area contributed by atoms with E-state index in [9.17, 15) is 10.2 Å². The number of hydrogen-bond acceptors (Lipinski definition) is 3. The second kappa shape index (κ2) is 11.0. The summed E-state index contributed by atoms with van der Waals surface area (Å²) in [6, 6.07) is 27.5. The molecule has 3 heteroatoms. The Balaban J connectivity index is 1.57. The van der Waals surface area contributed by atoms with Crippen molar-refractivity contribution in [2.45, 2.75) is 65.6 Å². The van der Waals surface area contributed by atoms with Crippen molar-refractivity contribution in [3.05, 3.63) is 130 Å². The molecule has 0 spiro atoms. The lowest BCUT2D eigenvalue weighted by atomic mass is 9.75. The van der Waals surface area contributed by atoms with Crippen molar-refractivity contribution < 1.29 is 14.9 Å². The minimum atomic E-state index is -1.03. The lowest BCUT2D eigenvalue weighted by Crippen LogP contribution is -2.28. The van der Waals surface area contributed by atoms with Crippen molar-refractivity contribution in [2.75, 3.05) is 0 Å². The van der Waals surface area contributed by atoms with Crippen LogP contribution < -0.4 is 4.74 Å². The molecule has 3 unspecified atom stereocenters. The lowest BCUT2D eigenvalue weighted by Gasteiger charge is -2.34. The third-order valence-corrected chi connectivity index (χ3v) is 9.83. The molecular weight excluding hydrogens is 528 g/mol. The van der Waals surface area contributed by atoms with Crippen molar-refractivity contribution in [1.82, 2.24) is 0 Å². The summed E-state index contributed by atoms with van der Waals surface area (Å²) in [5, 5.41) is 22.8. The van der Waals surface area contributed by atoms with Crippen LogP contribution in [0, 0.1) is 18.3 Å². The van der Waals surface area contributed by atoms with Gasteiger partial charge in [-0.3, -0.25) is 0 Å². The van der Waals surface area contributed by atoms with E-state index < -0.39 is 11.7 Å². The van der Waals surface area contributed by atoms with Crippen LogP contribution in [-0.2, 0) is 5.60 Å². The standard InChI is InChI=1S/C40H42O3/c1-7-39(5,6)35(41)22-18-30-26(4)13-20-33-37(30)36(29-16-14-28(15-17-29)27-11-9-8-10-12-27)38-31-23-24-40(42,25(2)3)32(31)19-21-34(38)43-33/h8-25,35-36,41-42H,7H2,1-6H3/b22-18-. The van der Waals surface area contributed by atoms with Crippen LogP contribution >= 0.6 is 0 Å². The SMILES string of the molecule is CCC(C)(C)C(O)/C=C\c1c(C)ccc2c1C(c1ccc(-c3ccccc3)cc1)c1c(ccc3c1C=CC3(O)C(C)C)O2. The van der Waals surface area contributed by atoms with Crippen LogP contribution in [0.3, 0.4) is 0 Å². The molecule has 2 N–H and O–H groups in total. The zero-order valence-electron chi connectivity index (χ0n) is 26.1. The van der Waals surface area contributed by atoms with Gasteiger partial charge in [-0.1, -0.05) is 120 Å². The van der Waals surface area contributed by atoms with Gasteiger partial charge in [0.25, 0.3) is 0 Å². The number of rotatable bonds is 7. The van der Waals surface area contributed by atoms with Gasteiger partial charge < -0.3 is 14.9 Å². The van der Waals surface area contributed by atoms with E-state index in [0.29, 0.717) is 0 Å². The van der Waals surface area contributed by atoms with Crippen LogP contribution in [-0.4, -0.2) is 16.3 Å². The van der Waals surface area contributed by atoms with Crippen molar-refractivity contribution in [1.29, 1.82) is 0 Å². The molecule has 3 atom stereocenters. The first-order valence-electron chi connectivity index (χ1n) is 15.5. The quantitative estimate of drug-likeness (QED) is 0.205. The molecular formula is C40H42O3. The fourth-order valence-electron chi connectivity index (χ4n) is 6.42. The Morgan fingerprint density at radius 3 is 2.21 bits per heavy atom. The summed E-state index contributed by atoms with van der Waals surface area (Å²) in [6.07, 6.45) is 8.32. The smallest absolute Gasteiger partial charge is 0.132 e. The van der Waals surface area contributed by atoms with Crippen LogP contribution in [0.25, 0.3) is 23.3 Å². The summed E-state index contributed by atoms with van der Waals surface area (Å²) in [4.78, 5) is 0. The molecule has 2 aliphatic rings. The average Bonchev–Trinajstić information content (AvgIpc) is 3.37.